The summed E-state index contributed by atoms with van der Waals surface area (Å²) in [6, 6.07) is 7.09. The summed E-state index contributed by atoms with van der Waals surface area (Å²) >= 11 is 0. The molecule has 0 radical (unpaired) electrons. The van der Waals surface area contributed by atoms with E-state index in [1.165, 1.54) is 0 Å². The summed E-state index contributed by atoms with van der Waals surface area (Å²) in [5, 5.41) is 12.2. The van der Waals surface area contributed by atoms with Crippen LogP contribution in [-0.4, -0.2) is 17.0 Å². The molecule has 114 valence electrons. The van der Waals surface area contributed by atoms with E-state index in [0.717, 1.165) is 36.9 Å². The SMILES string of the molecule is CCC1(C(=O)Nc2ccc(C(C)(C)C(=O)O)cc2)CCC1. The Balaban J connectivity index is 2.10. The zero-order valence-corrected chi connectivity index (χ0v) is 12.9. The van der Waals surface area contributed by atoms with Gasteiger partial charge in [-0.1, -0.05) is 25.5 Å². The summed E-state index contributed by atoms with van der Waals surface area (Å²) in [5.41, 5.74) is 0.326. The van der Waals surface area contributed by atoms with Gasteiger partial charge in [-0.25, -0.2) is 0 Å². The fourth-order valence-corrected chi connectivity index (χ4v) is 2.70. The number of hydrogen-bond acceptors (Lipinski definition) is 2. The largest absolute Gasteiger partial charge is 0.481 e. The molecule has 21 heavy (non-hydrogen) atoms. The van der Waals surface area contributed by atoms with Crippen LogP contribution in [-0.2, 0) is 15.0 Å². The maximum absolute atomic E-state index is 12.3. The van der Waals surface area contributed by atoms with E-state index in [1.807, 2.05) is 0 Å². The van der Waals surface area contributed by atoms with Crippen LogP contribution >= 0.6 is 0 Å². The summed E-state index contributed by atoms with van der Waals surface area (Å²) in [4.78, 5) is 23.6. The van der Waals surface area contributed by atoms with E-state index >= 15 is 0 Å². The van der Waals surface area contributed by atoms with Gasteiger partial charge in [-0.15, -0.1) is 0 Å². The first-order valence-electron chi connectivity index (χ1n) is 7.47. The quantitative estimate of drug-likeness (QED) is 0.871. The summed E-state index contributed by atoms with van der Waals surface area (Å²) in [5.74, 6) is -0.778. The smallest absolute Gasteiger partial charge is 0.313 e. The molecule has 0 heterocycles. The van der Waals surface area contributed by atoms with Gasteiger partial charge in [0.1, 0.15) is 0 Å². The van der Waals surface area contributed by atoms with Crippen LogP contribution in [0.4, 0.5) is 5.69 Å². The first kappa shape index (κ1) is 15.5. The van der Waals surface area contributed by atoms with Crippen LogP contribution in [0.5, 0.6) is 0 Å². The van der Waals surface area contributed by atoms with E-state index in [1.54, 1.807) is 38.1 Å². The zero-order chi connectivity index (χ0) is 15.7. The van der Waals surface area contributed by atoms with Crippen molar-refractivity contribution in [1.29, 1.82) is 0 Å². The number of rotatable bonds is 5. The maximum Gasteiger partial charge on any atom is 0.313 e. The molecule has 4 heteroatoms. The van der Waals surface area contributed by atoms with E-state index in [-0.39, 0.29) is 11.3 Å². The Kier molecular flexibility index (Phi) is 4.08. The molecular formula is C17H23NO3. The lowest BCUT2D eigenvalue weighted by molar-refractivity contribution is -0.142. The number of nitrogens with one attached hydrogen (secondary N) is 1. The number of anilines is 1. The third-order valence-corrected chi connectivity index (χ3v) is 4.87. The molecule has 0 aromatic heterocycles. The van der Waals surface area contributed by atoms with E-state index in [0.29, 0.717) is 0 Å². The summed E-state index contributed by atoms with van der Waals surface area (Å²) < 4.78 is 0. The van der Waals surface area contributed by atoms with Crippen molar-refractivity contribution in [2.75, 3.05) is 5.32 Å². The third kappa shape index (κ3) is 2.80. The normalized spacial score (nSPS) is 16.9. The Bertz CT molecular complexity index is 536. The minimum Gasteiger partial charge on any atom is -0.481 e. The second-order valence-electron chi connectivity index (χ2n) is 6.45. The van der Waals surface area contributed by atoms with Crippen molar-refractivity contribution in [2.45, 2.75) is 51.9 Å². The Morgan fingerprint density at radius 2 is 1.81 bits per heavy atom. The minimum atomic E-state index is -0.929. The highest BCUT2D eigenvalue weighted by molar-refractivity contribution is 5.96. The minimum absolute atomic E-state index is 0.0847. The van der Waals surface area contributed by atoms with Gasteiger partial charge in [0.25, 0.3) is 0 Å². The number of carboxylic acids is 1. The van der Waals surface area contributed by atoms with Gasteiger partial charge in [-0.3, -0.25) is 9.59 Å². The van der Waals surface area contributed by atoms with Gasteiger partial charge in [0.15, 0.2) is 0 Å². The van der Waals surface area contributed by atoms with Crippen LogP contribution in [0.2, 0.25) is 0 Å². The van der Waals surface area contributed by atoms with Crippen LogP contribution in [0.25, 0.3) is 0 Å². The van der Waals surface area contributed by atoms with Crippen molar-refractivity contribution in [3.05, 3.63) is 29.8 Å². The van der Waals surface area contributed by atoms with Gasteiger partial charge in [0, 0.05) is 11.1 Å². The number of carboxylic acid groups (broad SMARTS) is 1. The van der Waals surface area contributed by atoms with E-state index in [2.05, 4.69) is 12.2 Å². The van der Waals surface area contributed by atoms with Crippen molar-refractivity contribution in [1.82, 2.24) is 0 Å². The topological polar surface area (TPSA) is 66.4 Å². The van der Waals surface area contributed by atoms with Crippen LogP contribution in [0.3, 0.4) is 0 Å². The average molecular weight is 289 g/mol. The molecule has 1 fully saturated rings. The lowest BCUT2D eigenvalue weighted by atomic mass is 9.66. The molecule has 2 N–H and O–H groups in total. The molecule has 0 atom stereocenters. The number of hydrogen-bond donors (Lipinski definition) is 2. The molecule has 0 saturated heterocycles. The fraction of sp³-hybridized carbons (Fsp3) is 0.529. The van der Waals surface area contributed by atoms with Gasteiger partial charge in [0.05, 0.1) is 5.41 Å². The van der Waals surface area contributed by atoms with Crippen molar-refractivity contribution < 1.29 is 14.7 Å². The lowest BCUT2D eigenvalue weighted by Gasteiger charge is -2.39. The standard InChI is InChI=1S/C17H23NO3/c1-4-17(10-5-11-17)14(19)18-13-8-6-12(7-9-13)16(2,3)15(20)21/h6-9H,4-5,10-11H2,1-3H3,(H,18,19)(H,20,21). The molecule has 1 aliphatic carbocycles. The van der Waals surface area contributed by atoms with E-state index in [4.69, 9.17) is 0 Å². The molecule has 1 aromatic carbocycles. The molecule has 0 unspecified atom stereocenters. The van der Waals surface area contributed by atoms with Crippen LogP contribution < -0.4 is 5.32 Å². The summed E-state index contributed by atoms with van der Waals surface area (Å²) in [7, 11) is 0. The highest BCUT2D eigenvalue weighted by atomic mass is 16.4. The van der Waals surface area contributed by atoms with Gasteiger partial charge in [0.2, 0.25) is 5.91 Å². The molecule has 1 saturated carbocycles. The Morgan fingerprint density at radius 1 is 1.24 bits per heavy atom. The van der Waals surface area contributed by atoms with Crippen LogP contribution in [0.1, 0.15) is 52.0 Å². The Hall–Kier alpha value is -1.84. The van der Waals surface area contributed by atoms with Crippen molar-refractivity contribution in [3.8, 4) is 0 Å². The highest BCUT2D eigenvalue weighted by Gasteiger charge is 2.42. The van der Waals surface area contributed by atoms with Gasteiger partial charge in [-0.05, 0) is 50.8 Å². The fourth-order valence-electron chi connectivity index (χ4n) is 2.70. The molecule has 4 nitrogen and oxygen atoms in total. The van der Waals surface area contributed by atoms with Crippen LogP contribution in [0, 0.1) is 5.41 Å². The second-order valence-corrected chi connectivity index (χ2v) is 6.45. The van der Waals surface area contributed by atoms with Crippen LogP contribution in [0.15, 0.2) is 24.3 Å². The van der Waals surface area contributed by atoms with E-state index < -0.39 is 11.4 Å². The Labute approximate surface area is 125 Å². The third-order valence-electron chi connectivity index (χ3n) is 4.87. The van der Waals surface area contributed by atoms with Crippen molar-refractivity contribution in [2.24, 2.45) is 5.41 Å². The maximum atomic E-state index is 12.3. The number of carbonyl (C=O) groups excluding carboxylic acids is 1. The number of aliphatic carboxylic acids is 1. The van der Waals surface area contributed by atoms with Crippen molar-refractivity contribution in [3.63, 3.8) is 0 Å². The summed E-state index contributed by atoms with van der Waals surface area (Å²) in [6.45, 7) is 5.39. The predicted molar refractivity (Wildman–Crippen MR) is 82.3 cm³/mol. The van der Waals surface area contributed by atoms with Crippen molar-refractivity contribution >= 4 is 17.6 Å². The Morgan fingerprint density at radius 3 is 2.19 bits per heavy atom. The monoisotopic (exact) mass is 289 g/mol. The zero-order valence-electron chi connectivity index (χ0n) is 12.9. The molecule has 0 spiro atoms. The number of amides is 1. The predicted octanol–water partition coefficient (Wildman–Crippen LogP) is 3.57. The number of carbonyl (C=O) groups is 2. The average Bonchev–Trinajstić information content (AvgIpc) is 2.38. The molecule has 0 aliphatic heterocycles. The van der Waals surface area contributed by atoms with Gasteiger partial charge < -0.3 is 10.4 Å². The van der Waals surface area contributed by atoms with E-state index in [9.17, 15) is 14.7 Å². The second kappa shape index (κ2) is 5.51. The molecule has 0 bridgehead atoms. The van der Waals surface area contributed by atoms with Gasteiger partial charge in [-0.2, -0.15) is 0 Å². The first-order valence-corrected chi connectivity index (χ1v) is 7.47. The molecular weight excluding hydrogens is 266 g/mol. The lowest BCUT2D eigenvalue weighted by Crippen LogP contribution is -2.41. The number of benzene rings is 1. The first-order chi connectivity index (χ1) is 9.82. The molecule has 1 aromatic rings. The molecule has 1 aliphatic rings. The highest BCUT2D eigenvalue weighted by Crippen LogP contribution is 2.44. The molecule has 1 amide bonds. The molecule has 2 rings (SSSR count). The summed E-state index contributed by atoms with van der Waals surface area (Å²) in [6.07, 6.45) is 3.90. The van der Waals surface area contributed by atoms with Gasteiger partial charge >= 0.3 is 5.97 Å².